The Bertz CT molecular complexity index is 563. The first-order chi connectivity index (χ1) is 9.00. The van der Waals surface area contributed by atoms with Crippen molar-refractivity contribution in [1.82, 2.24) is 0 Å². The SMILES string of the molecule is Cc1cc(C(N)C(C)c2ccccc2)c(C)cc1Cl. The van der Waals surface area contributed by atoms with Gasteiger partial charge in [-0.15, -0.1) is 0 Å². The maximum Gasteiger partial charge on any atom is 0.0438 e. The lowest BCUT2D eigenvalue weighted by Gasteiger charge is -2.23. The molecule has 0 saturated carbocycles. The molecule has 2 aromatic carbocycles. The molecule has 0 spiro atoms. The quantitative estimate of drug-likeness (QED) is 0.857. The second-order valence-corrected chi connectivity index (χ2v) is 5.59. The second-order valence-electron chi connectivity index (χ2n) is 5.18. The summed E-state index contributed by atoms with van der Waals surface area (Å²) in [7, 11) is 0. The second kappa shape index (κ2) is 5.77. The zero-order chi connectivity index (χ0) is 14.0. The van der Waals surface area contributed by atoms with Gasteiger partial charge in [0.15, 0.2) is 0 Å². The smallest absolute Gasteiger partial charge is 0.0438 e. The molecule has 1 nitrogen and oxygen atoms in total. The molecular weight excluding hydrogens is 254 g/mol. The van der Waals surface area contributed by atoms with Crippen LogP contribution in [-0.4, -0.2) is 0 Å². The van der Waals surface area contributed by atoms with Gasteiger partial charge in [-0.25, -0.2) is 0 Å². The predicted molar refractivity (Wildman–Crippen MR) is 82.7 cm³/mol. The van der Waals surface area contributed by atoms with Gasteiger partial charge in [-0.05, 0) is 42.2 Å². The van der Waals surface area contributed by atoms with E-state index in [4.69, 9.17) is 17.3 Å². The van der Waals surface area contributed by atoms with E-state index < -0.39 is 0 Å². The third-order valence-electron chi connectivity index (χ3n) is 3.77. The summed E-state index contributed by atoms with van der Waals surface area (Å²) in [6.45, 7) is 6.26. The number of halogens is 1. The third kappa shape index (κ3) is 2.99. The lowest BCUT2D eigenvalue weighted by Crippen LogP contribution is -2.19. The average molecular weight is 274 g/mol. The highest BCUT2D eigenvalue weighted by molar-refractivity contribution is 6.31. The van der Waals surface area contributed by atoms with Crippen molar-refractivity contribution in [2.45, 2.75) is 32.7 Å². The lowest BCUT2D eigenvalue weighted by atomic mass is 9.86. The van der Waals surface area contributed by atoms with E-state index in [2.05, 4.69) is 44.2 Å². The van der Waals surface area contributed by atoms with E-state index in [-0.39, 0.29) is 12.0 Å². The van der Waals surface area contributed by atoms with Crippen LogP contribution in [-0.2, 0) is 0 Å². The molecule has 100 valence electrons. The Morgan fingerprint density at radius 1 is 1.00 bits per heavy atom. The Balaban J connectivity index is 2.34. The standard InChI is InChI=1S/C17H20ClN/c1-11-10-16(18)12(2)9-15(11)17(19)13(3)14-7-5-4-6-8-14/h4-10,13,17H,19H2,1-3H3. The fourth-order valence-electron chi connectivity index (χ4n) is 2.40. The van der Waals surface area contributed by atoms with Crippen LogP contribution in [0.15, 0.2) is 42.5 Å². The van der Waals surface area contributed by atoms with Crippen LogP contribution in [0.3, 0.4) is 0 Å². The van der Waals surface area contributed by atoms with Gasteiger partial charge in [0.2, 0.25) is 0 Å². The Hall–Kier alpha value is -1.31. The van der Waals surface area contributed by atoms with E-state index in [0.717, 1.165) is 16.1 Å². The average Bonchev–Trinajstić information content (AvgIpc) is 2.42. The van der Waals surface area contributed by atoms with E-state index >= 15 is 0 Å². The molecular formula is C17H20ClN. The summed E-state index contributed by atoms with van der Waals surface area (Å²) in [5.41, 5.74) is 11.1. The molecule has 0 bridgehead atoms. The Labute approximate surface area is 120 Å². The minimum atomic E-state index is -0.0154. The fourth-order valence-corrected chi connectivity index (χ4v) is 2.61. The van der Waals surface area contributed by atoms with Gasteiger partial charge < -0.3 is 5.73 Å². The number of aryl methyl sites for hydroxylation is 2. The van der Waals surface area contributed by atoms with Gasteiger partial charge in [0, 0.05) is 17.0 Å². The van der Waals surface area contributed by atoms with Crippen LogP contribution in [0, 0.1) is 13.8 Å². The summed E-state index contributed by atoms with van der Waals surface area (Å²) in [5, 5.41) is 0.806. The van der Waals surface area contributed by atoms with Crippen LogP contribution >= 0.6 is 11.6 Å². The summed E-state index contributed by atoms with van der Waals surface area (Å²) in [4.78, 5) is 0. The molecule has 0 aliphatic heterocycles. The molecule has 2 aromatic rings. The van der Waals surface area contributed by atoms with Crippen LogP contribution in [0.5, 0.6) is 0 Å². The van der Waals surface area contributed by atoms with Crippen molar-refractivity contribution in [3.8, 4) is 0 Å². The molecule has 0 aliphatic rings. The molecule has 0 aliphatic carbocycles. The van der Waals surface area contributed by atoms with Gasteiger partial charge in [-0.3, -0.25) is 0 Å². The van der Waals surface area contributed by atoms with Gasteiger partial charge >= 0.3 is 0 Å². The normalized spacial score (nSPS) is 14.2. The van der Waals surface area contributed by atoms with Crippen molar-refractivity contribution in [3.05, 3.63) is 69.7 Å². The van der Waals surface area contributed by atoms with Crippen LogP contribution in [0.4, 0.5) is 0 Å². The van der Waals surface area contributed by atoms with Gasteiger partial charge in [0.25, 0.3) is 0 Å². The highest BCUT2D eigenvalue weighted by atomic mass is 35.5. The van der Waals surface area contributed by atoms with Gasteiger partial charge in [0.1, 0.15) is 0 Å². The van der Waals surface area contributed by atoms with E-state index in [9.17, 15) is 0 Å². The summed E-state index contributed by atoms with van der Waals surface area (Å²) in [5.74, 6) is 0.278. The highest BCUT2D eigenvalue weighted by Crippen LogP contribution is 2.32. The summed E-state index contributed by atoms with van der Waals surface area (Å²) >= 11 is 6.15. The largest absolute Gasteiger partial charge is 0.323 e. The highest BCUT2D eigenvalue weighted by Gasteiger charge is 2.19. The van der Waals surface area contributed by atoms with Crippen molar-refractivity contribution >= 4 is 11.6 Å². The molecule has 0 radical (unpaired) electrons. The minimum Gasteiger partial charge on any atom is -0.323 e. The van der Waals surface area contributed by atoms with Gasteiger partial charge in [-0.2, -0.15) is 0 Å². The molecule has 2 N–H and O–H groups in total. The predicted octanol–water partition coefficient (Wildman–Crippen LogP) is 4.76. The van der Waals surface area contributed by atoms with Gasteiger partial charge in [-0.1, -0.05) is 54.9 Å². The number of benzene rings is 2. The van der Waals surface area contributed by atoms with E-state index in [1.165, 1.54) is 11.1 Å². The van der Waals surface area contributed by atoms with Crippen LogP contribution in [0.1, 0.15) is 41.1 Å². The summed E-state index contributed by atoms with van der Waals surface area (Å²) in [6, 6.07) is 14.5. The molecule has 2 heteroatoms. The number of hydrogen-bond donors (Lipinski definition) is 1. The minimum absolute atomic E-state index is 0.0154. The van der Waals surface area contributed by atoms with Crippen LogP contribution < -0.4 is 5.73 Å². The number of rotatable bonds is 3. The zero-order valence-electron chi connectivity index (χ0n) is 11.7. The molecule has 2 atom stereocenters. The van der Waals surface area contributed by atoms with Crippen molar-refractivity contribution in [2.24, 2.45) is 5.73 Å². The topological polar surface area (TPSA) is 26.0 Å². The molecule has 0 aromatic heterocycles. The first kappa shape index (κ1) is 14.1. The molecule has 19 heavy (non-hydrogen) atoms. The monoisotopic (exact) mass is 273 g/mol. The van der Waals surface area contributed by atoms with Crippen molar-refractivity contribution in [2.75, 3.05) is 0 Å². The Morgan fingerprint density at radius 2 is 1.63 bits per heavy atom. The molecule has 0 heterocycles. The summed E-state index contributed by atoms with van der Waals surface area (Å²) < 4.78 is 0. The molecule has 2 unspecified atom stereocenters. The van der Waals surface area contributed by atoms with E-state index in [0.29, 0.717) is 0 Å². The maximum atomic E-state index is 6.45. The number of nitrogens with two attached hydrogens (primary N) is 1. The van der Waals surface area contributed by atoms with E-state index in [1.54, 1.807) is 0 Å². The summed E-state index contributed by atoms with van der Waals surface area (Å²) in [6.07, 6.45) is 0. The molecule has 0 amide bonds. The van der Waals surface area contributed by atoms with Crippen LogP contribution in [0.25, 0.3) is 0 Å². The molecule has 2 rings (SSSR count). The lowest BCUT2D eigenvalue weighted by molar-refractivity contribution is 0.595. The van der Waals surface area contributed by atoms with Crippen LogP contribution in [0.2, 0.25) is 5.02 Å². The zero-order valence-corrected chi connectivity index (χ0v) is 12.4. The Kier molecular flexibility index (Phi) is 4.28. The molecule has 0 saturated heterocycles. The first-order valence-corrected chi connectivity index (χ1v) is 6.95. The van der Waals surface area contributed by atoms with Gasteiger partial charge in [0.05, 0.1) is 0 Å². The fraction of sp³-hybridized carbons (Fsp3) is 0.294. The Morgan fingerprint density at radius 3 is 2.26 bits per heavy atom. The number of hydrogen-bond acceptors (Lipinski definition) is 1. The maximum absolute atomic E-state index is 6.45. The molecule has 0 fully saturated rings. The first-order valence-electron chi connectivity index (χ1n) is 6.58. The van der Waals surface area contributed by atoms with Crippen molar-refractivity contribution in [3.63, 3.8) is 0 Å². The van der Waals surface area contributed by atoms with E-state index in [1.807, 2.05) is 19.1 Å². The third-order valence-corrected chi connectivity index (χ3v) is 4.18. The van der Waals surface area contributed by atoms with Crippen molar-refractivity contribution < 1.29 is 0 Å². The van der Waals surface area contributed by atoms with Crippen molar-refractivity contribution in [1.29, 1.82) is 0 Å².